The van der Waals surface area contributed by atoms with Gasteiger partial charge >= 0.3 is 0 Å². The summed E-state index contributed by atoms with van der Waals surface area (Å²) in [5, 5.41) is 34.0. The topological polar surface area (TPSA) is 145 Å². The number of aromatic hydroxyl groups is 1. The number of anilines is 3. The Morgan fingerprint density at radius 3 is 2.33 bits per heavy atom. The standard InChI is InChI=1S/C12H10N4O5/c13-7-1-4-12(17)10(5-7)14-9-3-2-8(15(18)19)6-11(9)16(20)21/h1-6,14,17H,13H2. The summed E-state index contributed by atoms with van der Waals surface area (Å²) >= 11 is 0. The van der Waals surface area contributed by atoms with Crippen molar-refractivity contribution in [2.24, 2.45) is 0 Å². The molecule has 0 aromatic heterocycles. The van der Waals surface area contributed by atoms with Gasteiger partial charge in [0.25, 0.3) is 11.4 Å². The molecule has 0 fully saturated rings. The van der Waals surface area contributed by atoms with Crippen LogP contribution in [0.4, 0.5) is 28.4 Å². The van der Waals surface area contributed by atoms with E-state index >= 15 is 0 Å². The second kappa shape index (κ2) is 5.33. The van der Waals surface area contributed by atoms with Crippen molar-refractivity contribution in [3.63, 3.8) is 0 Å². The average molecular weight is 290 g/mol. The Kier molecular flexibility index (Phi) is 3.57. The zero-order valence-corrected chi connectivity index (χ0v) is 10.5. The average Bonchev–Trinajstić information content (AvgIpc) is 2.42. The quantitative estimate of drug-likeness (QED) is 0.258. The summed E-state index contributed by atoms with van der Waals surface area (Å²) < 4.78 is 0. The van der Waals surface area contributed by atoms with E-state index in [0.717, 1.165) is 12.1 Å². The van der Waals surface area contributed by atoms with E-state index in [1.165, 1.54) is 24.3 Å². The van der Waals surface area contributed by atoms with Gasteiger partial charge in [0.05, 0.1) is 21.6 Å². The molecule has 0 aliphatic heterocycles. The van der Waals surface area contributed by atoms with Gasteiger partial charge in [0.15, 0.2) is 0 Å². The monoisotopic (exact) mass is 290 g/mol. The van der Waals surface area contributed by atoms with Crippen molar-refractivity contribution in [3.8, 4) is 5.75 Å². The lowest BCUT2D eigenvalue weighted by Gasteiger charge is -2.09. The Morgan fingerprint density at radius 2 is 1.71 bits per heavy atom. The van der Waals surface area contributed by atoms with Gasteiger partial charge in [-0.1, -0.05) is 0 Å². The summed E-state index contributed by atoms with van der Waals surface area (Å²) in [6.07, 6.45) is 0. The molecule has 2 aromatic rings. The van der Waals surface area contributed by atoms with Crippen molar-refractivity contribution in [2.75, 3.05) is 11.1 Å². The molecule has 4 N–H and O–H groups in total. The third kappa shape index (κ3) is 2.97. The molecular weight excluding hydrogens is 280 g/mol. The molecule has 0 bridgehead atoms. The summed E-state index contributed by atoms with van der Waals surface area (Å²) in [5.74, 6) is -0.156. The summed E-state index contributed by atoms with van der Waals surface area (Å²) in [7, 11) is 0. The van der Waals surface area contributed by atoms with Crippen LogP contribution in [0.2, 0.25) is 0 Å². The minimum Gasteiger partial charge on any atom is -0.506 e. The number of nitro groups is 2. The van der Waals surface area contributed by atoms with Gasteiger partial charge in [-0.25, -0.2) is 0 Å². The lowest BCUT2D eigenvalue weighted by atomic mass is 10.2. The Bertz CT molecular complexity index is 732. The number of phenols is 1. The smallest absolute Gasteiger partial charge is 0.299 e. The number of nitrogens with zero attached hydrogens (tertiary/aromatic N) is 2. The number of nitro benzene ring substituents is 2. The number of nitrogens with two attached hydrogens (primary N) is 1. The van der Waals surface area contributed by atoms with Crippen molar-refractivity contribution in [1.29, 1.82) is 0 Å². The first-order valence-electron chi connectivity index (χ1n) is 5.67. The summed E-state index contributed by atoms with van der Waals surface area (Å²) in [5.41, 5.74) is 5.20. The maximum Gasteiger partial charge on any atom is 0.299 e. The Hall–Kier alpha value is -3.36. The summed E-state index contributed by atoms with van der Waals surface area (Å²) in [6.45, 7) is 0. The van der Waals surface area contributed by atoms with Crippen molar-refractivity contribution in [2.45, 2.75) is 0 Å². The van der Waals surface area contributed by atoms with Crippen molar-refractivity contribution in [1.82, 2.24) is 0 Å². The molecule has 0 aliphatic carbocycles. The van der Waals surface area contributed by atoms with Gasteiger partial charge in [0.1, 0.15) is 11.4 Å². The molecule has 2 rings (SSSR count). The molecule has 9 nitrogen and oxygen atoms in total. The van der Waals surface area contributed by atoms with Gasteiger partial charge in [-0.15, -0.1) is 0 Å². The number of nitrogen functional groups attached to an aromatic ring is 1. The van der Waals surface area contributed by atoms with Crippen molar-refractivity contribution >= 4 is 28.4 Å². The fourth-order valence-electron chi connectivity index (χ4n) is 1.69. The first-order valence-corrected chi connectivity index (χ1v) is 5.67. The molecule has 0 spiro atoms. The van der Waals surface area contributed by atoms with E-state index in [1.54, 1.807) is 0 Å². The van der Waals surface area contributed by atoms with Crippen LogP contribution < -0.4 is 11.1 Å². The van der Waals surface area contributed by atoms with Crippen LogP contribution in [-0.4, -0.2) is 15.0 Å². The largest absolute Gasteiger partial charge is 0.506 e. The van der Waals surface area contributed by atoms with E-state index < -0.39 is 21.2 Å². The highest BCUT2D eigenvalue weighted by Gasteiger charge is 2.20. The predicted octanol–water partition coefficient (Wildman–Crippen LogP) is 2.53. The third-order valence-corrected chi connectivity index (χ3v) is 2.68. The Labute approximate surface area is 117 Å². The molecule has 0 atom stereocenters. The first kappa shape index (κ1) is 14.1. The number of benzene rings is 2. The third-order valence-electron chi connectivity index (χ3n) is 2.68. The molecule has 0 heterocycles. The number of hydrogen-bond acceptors (Lipinski definition) is 7. The fraction of sp³-hybridized carbons (Fsp3) is 0. The second-order valence-corrected chi connectivity index (χ2v) is 4.12. The van der Waals surface area contributed by atoms with Crippen LogP contribution in [0.1, 0.15) is 0 Å². The van der Waals surface area contributed by atoms with Crippen LogP contribution in [-0.2, 0) is 0 Å². The highest BCUT2D eigenvalue weighted by Crippen LogP contribution is 2.34. The summed E-state index contributed by atoms with van der Waals surface area (Å²) in [6, 6.07) is 7.34. The SMILES string of the molecule is Nc1ccc(O)c(Nc2ccc([N+](=O)[O-])cc2[N+](=O)[O-])c1. The van der Waals surface area contributed by atoms with E-state index in [-0.39, 0.29) is 17.1 Å². The molecular formula is C12H10N4O5. The van der Waals surface area contributed by atoms with Gasteiger partial charge < -0.3 is 16.2 Å². The van der Waals surface area contributed by atoms with Crippen LogP contribution >= 0.6 is 0 Å². The van der Waals surface area contributed by atoms with Gasteiger partial charge in [-0.3, -0.25) is 20.2 Å². The Balaban J connectivity index is 2.46. The van der Waals surface area contributed by atoms with Crippen molar-refractivity contribution < 1.29 is 15.0 Å². The molecule has 108 valence electrons. The molecule has 0 aliphatic rings. The van der Waals surface area contributed by atoms with Gasteiger partial charge in [0.2, 0.25) is 0 Å². The van der Waals surface area contributed by atoms with Gasteiger partial charge in [-0.05, 0) is 24.3 Å². The minimum absolute atomic E-state index is 0.00602. The normalized spacial score (nSPS) is 10.1. The van der Waals surface area contributed by atoms with E-state index in [0.29, 0.717) is 5.69 Å². The maximum absolute atomic E-state index is 11.0. The molecule has 2 aromatic carbocycles. The highest BCUT2D eigenvalue weighted by molar-refractivity contribution is 5.76. The van der Waals surface area contributed by atoms with Crippen LogP contribution in [0.15, 0.2) is 36.4 Å². The predicted molar refractivity (Wildman–Crippen MR) is 75.6 cm³/mol. The van der Waals surface area contributed by atoms with Crippen LogP contribution in [0, 0.1) is 20.2 Å². The molecule has 0 saturated carbocycles. The van der Waals surface area contributed by atoms with Gasteiger partial charge in [0, 0.05) is 11.8 Å². The van der Waals surface area contributed by atoms with E-state index in [4.69, 9.17) is 5.73 Å². The minimum atomic E-state index is -0.751. The van der Waals surface area contributed by atoms with E-state index in [2.05, 4.69) is 5.32 Å². The van der Waals surface area contributed by atoms with E-state index in [9.17, 15) is 25.3 Å². The fourth-order valence-corrected chi connectivity index (χ4v) is 1.69. The molecule has 0 radical (unpaired) electrons. The maximum atomic E-state index is 11.0. The van der Waals surface area contributed by atoms with E-state index in [1.807, 2.05) is 0 Å². The molecule has 0 unspecified atom stereocenters. The van der Waals surface area contributed by atoms with Crippen LogP contribution in [0.3, 0.4) is 0 Å². The lowest BCUT2D eigenvalue weighted by molar-refractivity contribution is -0.393. The number of rotatable bonds is 4. The number of hydrogen-bond donors (Lipinski definition) is 3. The first-order chi connectivity index (χ1) is 9.88. The zero-order chi connectivity index (χ0) is 15.6. The lowest BCUT2D eigenvalue weighted by Crippen LogP contribution is -1.99. The molecule has 9 heteroatoms. The number of non-ortho nitro benzene ring substituents is 1. The van der Waals surface area contributed by atoms with Crippen molar-refractivity contribution in [3.05, 3.63) is 56.6 Å². The Morgan fingerprint density at radius 1 is 1.00 bits per heavy atom. The van der Waals surface area contributed by atoms with Crippen LogP contribution in [0.5, 0.6) is 5.75 Å². The second-order valence-electron chi connectivity index (χ2n) is 4.12. The van der Waals surface area contributed by atoms with Crippen LogP contribution in [0.25, 0.3) is 0 Å². The molecule has 21 heavy (non-hydrogen) atoms. The number of phenolic OH excluding ortho intramolecular Hbond substituents is 1. The molecule has 0 amide bonds. The summed E-state index contributed by atoms with van der Waals surface area (Å²) in [4.78, 5) is 20.2. The number of nitrogens with one attached hydrogen (secondary N) is 1. The highest BCUT2D eigenvalue weighted by atomic mass is 16.6. The van der Waals surface area contributed by atoms with Gasteiger partial charge in [-0.2, -0.15) is 0 Å². The molecule has 0 saturated heterocycles. The zero-order valence-electron chi connectivity index (χ0n) is 10.5.